The van der Waals surface area contributed by atoms with E-state index in [0.717, 1.165) is 25.7 Å². The Morgan fingerprint density at radius 1 is 1.17 bits per heavy atom. The van der Waals surface area contributed by atoms with E-state index in [2.05, 4.69) is 0 Å². The number of carbonyl (C=O) groups is 1. The summed E-state index contributed by atoms with van der Waals surface area (Å²) in [5.41, 5.74) is 0. The van der Waals surface area contributed by atoms with Gasteiger partial charge in [-0.2, -0.15) is 5.26 Å². The maximum Gasteiger partial charge on any atom is 0.227 e. The van der Waals surface area contributed by atoms with E-state index < -0.39 is 15.2 Å². The Morgan fingerprint density at radius 2 is 1.87 bits per heavy atom. The third-order valence-corrected chi connectivity index (χ3v) is 7.12. The second-order valence-electron chi connectivity index (χ2n) is 6.24. The number of hydrogen-bond acceptors (Lipinski definition) is 4. The van der Waals surface area contributed by atoms with Gasteiger partial charge in [0, 0.05) is 18.4 Å². The minimum absolute atomic E-state index is 0.0885. The fourth-order valence-electron chi connectivity index (χ4n) is 3.93. The van der Waals surface area contributed by atoms with Gasteiger partial charge in [-0.1, -0.05) is 31.0 Å². The summed E-state index contributed by atoms with van der Waals surface area (Å²) in [4.78, 5) is 14.4. The number of carbonyl (C=O) groups excluding carboxylic acids is 1. The zero-order valence-corrected chi connectivity index (χ0v) is 13.7. The van der Waals surface area contributed by atoms with Crippen LogP contribution in [0.4, 0.5) is 0 Å². The van der Waals surface area contributed by atoms with E-state index in [4.69, 9.17) is 5.26 Å². The summed E-state index contributed by atoms with van der Waals surface area (Å²) in [6.45, 7) is 0.194. The maximum absolute atomic E-state index is 13.1. The van der Waals surface area contributed by atoms with Crippen molar-refractivity contribution in [1.29, 1.82) is 5.26 Å². The third-order valence-electron chi connectivity index (χ3n) is 4.95. The molecule has 0 N–H and O–H groups in total. The largest absolute Gasteiger partial charge is 0.324 e. The van der Waals surface area contributed by atoms with E-state index >= 15 is 0 Å². The molecule has 1 saturated carbocycles. The molecule has 2 aliphatic rings. The summed E-state index contributed by atoms with van der Waals surface area (Å²) in [5, 5.41) is 8.02. The van der Waals surface area contributed by atoms with Gasteiger partial charge in [0.05, 0.1) is 17.4 Å². The fourth-order valence-corrected chi connectivity index (χ4v) is 6.08. The van der Waals surface area contributed by atoms with E-state index in [1.54, 1.807) is 30.3 Å². The van der Waals surface area contributed by atoms with E-state index in [0.29, 0.717) is 0 Å². The topological polar surface area (TPSA) is 78.2 Å². The molecule has 0 unspecified atom stereocenters. The normalized spacial score (nSPS) is 27.5. The van der Waals surface area contributed by atoms with Crippen molar-refractivity contribution < 1.29 is 13.2 Å². The summed E-state index contributed by atoms with van der Waals surface area (Å²) >= 11 is 0. The summed E-state index contributed by atoms with van der Waals surface area (Å²) in [6.07, 6.45) is 3.61. The van der Waals surface area contributed by atoms with Crippen molar-refractivity contribution in [1.82, 2.24) is 4.90 Å². The van der Waals surface area contributed by atoms with Crippen LogP contribution in [0.15, 0.2) is 35.2 Å². The second-order valence-corrected chi connectivity index (χ2v) is 8.29. The van der Waals surface area contributed by atoms with Gasteiger partial charge < -0.3 is 4.90 Å². The van der Waals surface area contributed by atoms with Crippen molar-refractivity contribution in [2.75, 3.05) is 6.54 Å². The summed E-state index contributed by atoms with van der Waals surface area (Å²) in [5.74, 6) is -0.444. The Balaban J connectivity index is 2.02. The van der Waals surface area contributed by atoms with Crippen LogP contribution < -0.4 is 0 Å². The number of rotatable bonds is 4. The molecule has 0 aromatic heterocycles. The van der Waals surface area contributed by atoms with Crippen LogP contribution in [0.2, 0.25) is 0 Å². The van der Waals surface area contributed by atoms with Crippen molar-refractivity contribution in [2.45, 2.75) is 42.4 Å². The van der Waals surface area contributed by atoms with Gasteiger partial charge in [-0.25, -0.2) is 8.42 Å². The van der Waals surface area contributed by atoms with E-state index in [-0.39, 0.29) is 35.6 Å². The molecule has 1 saturated heterocycles. The highest BCUT2D eigenvalue weighted by Crippen LogP contribution is 2.44. The molecule has 6 heteroatoms. The number of fused-ring (bicyclic) bond motifs is 1. The zero-order valence-electron chi connectivity index (χ0n) is 12.9. The standard InChI is InChI=1S/C17H20N2O3S/c18-11-6-12-19-16(20)14-9-4-5-10-15(14)17(19)23(21,22)13-7-2-1-3-8-13/h1-3,7-8,14-15,17H,4-6,9-10,12H2/t14-,15+,17-/m0/s1. The van der Waals surface area contributed by atoms with Crippen molar-refractivity contribution in [3.05, 3.63) is 30.3 Å². The van der Waals surface area contributed by atoms with Crippen molar-refractivity contribution in [3.8, 4) is 6.07 Å². The van der Waals surface area contributed by atoms with Crippen LogP contribution in [0.5, 0.6) is 0 Å². The molecule has 3 atom stereocenters. The van der Waals surface area contributed by atoms with Crippen LogP contribution in [-0.4, -0.2) is 31.1 Å². The van der Waals surface area contributed by atoms with Gasteiger partial charge in [-0.05, 0) is 25.0 Å². The summed E-state index contributed by atoms with van der Waals surface area (Å²) in [6, 6.07) is 10.3. The quantitative estimate of drug-likeness (QED) is 0.848. The first kappa shape index (κ1) is 16.0. The molecule has 1 aliphatic carbocycles. The lowest BCUT2D eigenvalue weighted by Gasteiger charge is -2.29. The summed E-state index contributed by atoms with van der Waals surface area (Å²) in [7, 11) is -3.63. The molecule has 122 valence electrons. The molecule has 3 rings (SSSR count). The number of hydrogen-bond donors (Lipinski definition) is 0. The molecule has 1 aromatic rings. The molecule has 1 aromatic carbocycles. The lowest BCUT2D eigenvalue weighted by atomic mass is 9.81. The van der Waals surface area contributed by atoms with Crippen LogP contribution in [0.25, 0.3) is 0 Å². The minimum Gasteiger partial charge on any atom is -0.324 e. The first-order valence-corrected chi connectivity index (χ1v) is 9.58. The van der Waals surface area contributed by atoms with Gasteiger partial charge in [0.2, 0.25) is 5.91 Å². The highest BCUT2D eigenvalue weighted by molar-refractivity contribution is 7.92. The van der Waals surface area contributed by atoms with Gasteiger partial charge in [0.1, 0.15) is 5.37 Å². The van der Waals surface area contributed by atoms with Crippen molar-refractivity contribution in [2.24, 2.45) is 11.8 Å². The molecular weight excluding hydrogens is 312 g/mol. The van der Waals surface area contributed by atoms with Crippen LogP contribution in [0.1, 0.15) is 32.1 Å². The number of benzene rings is 1. The Hall–Kier alpha value is -1.87. The van der Waals surface area contributed by atoms with Crippen LogP contribution >= 0.6 is 0 Å². The van der Waals surface area contributed by atoms with Crippen LogP contribution in [-0.2, 0) is 14.6 Å². The third kappa shape index (κ3) is 2.74. The molecule has 1 aliphatic heterocycles. The molecular formula is C17H20N2O3S. The first-order chi connectivity index (χ1) is 11.1. The van der Waals surface area contributed by atoms with E-state index in [1.165, 1.54) is 4.90 Å². The van der Waals surface area contributed by atoms with Crippen LogP contribution in [0.3, 0.4) is 0 Å². The SMILES string of the molecule is N#CCCN1C(=O)[C@H]2CCCC[C@H]2[C@@H]1S(=O)(=O)c1ccccc1. The Kier molecular flexibility index (Phi) is 4.40. The average Bonchev–Trinajstić information content (AvgIpc) is 2.87. The summed E-state index contributed by atoms with van der Waals surface area (Å²) < 4.78 is 26.3. The smallest absolute Gasteiger partial charge is 0.227 e. The van der Waals surface area contributed by atoms with E-state index in [1.807, 2.05) is 6.07 Å². The van der Waals surface area contributed by atoms with Gasteiger partial charge in [0.25, 0.3) is 0 Å². The van der Waals surface area contributed by atoms with Gasteiger partial charge >= 0.3 is 0 Å². The highest BCUT2D eigenvalue weighted by Gasteiger charge is 2.53. The number of sulfone groups is 1. The Labute approximate surface area is 136 Å². The van der Waals surface area contributed by atoms with Gasteiger partial charge in [-0.3, -0.25) is 4.79 Å². The predicted octanol–water partition coefficient (Wildman–Crippen LogP) is 2.35. The second kappa shape index (κ2) is 6.32. The molecule has 0 radical (unpaired) electrons. The average molecular weight is 332 g/mol. The van der Waals surface area contributed by atoms with Gasteiger partial charge in [0.15, 0.2) is 9.84 Å². The van der Waals surface area contributed by atoms with Crippen LogP contribution in [0, 0.1) is 23.2 Å². The molecule has 23 heavy (non-hydrogen) atoms. The number of nitriles is 1. The van der Waals surface area contributed by atoms with Gasteiger partial charge in [-0.15, -0.1) is 0 Å². The molecule has 0 spiro atoms. The number of likely N-dealkylation sites (tertiary alicyclic amines) is 1. The fraction of sp³-hybridized carbons (Fsp3) is 0.529. The maximum atomic E-state index is 13.1. The lowest BCUT2D eigenvalue weighted by molar-refractivity contribution is -0.131. The Bertz CT molecular complexity index is 724. The minimum atomic E-state index is -3.63. The monoisotopic (exact) mass is 332 g/mol. The van der Waals surface area contributed by atoms with E-state index in [9.17, 15) is 13.2 Å². The number of amides is 1. The first-order valence-electron chi connectivity index (χ1n) is 8.03. The lowest BCUT2D eigenvalue weighted by Crippen LogP contribution is -2.41. The zero-order chi connectivity index (χ0) is 16.4. The number of nitrogens with zero attached hydrogens (tertiary/aromatic N) is 2. The molecule has 1 amide bonds. The molecule has 5 nitrogen and oxygen atoms in total. The Morgan fingerprint density at radius 3 is 2.57 bits per heavy atom. The molecule has 0 bridgehead atoms. The van der Waals surface area contributed by atoms with Crippen molar-refractivity contribution >= 4 is 15.7 Å². The molecule has 1 heterocycles. The predicted molar refractivity (Wildman–Crippen MR) is 84.8 cm³/mol. The molecule has 2 fully saturated rings. The van der Waals surface area contributed by atoms with Crippen molar-refractivity contribution in [3.63, 3.8) is 0 Å². The highest BCUT2D eigenvalue weighted by atomic mass is 32.2.